The van der Waals surface area contributed by atoms with E-state index in [9.17, 15) is 19.6 Å². The van der Waals surface area contributed by atoms with Crippen LogP contribution in [-0.4, -0.2) is 39.1 Å². The van der Waals surface area contributed by atoms with E-state index < -0.39 is 17.9 Å². The summed E-state index contributed by atoms with van der Waals surface area (Å²) in [5.74, 6) is -2.93. The average Bonchev–Trinajstić information content (AvgIpc) is 2.87. The molecule has 0 saturated carbocycles. The highest BCUT2D eigenvalue weighted by atomic mass is 16.5. The van der Waals surface area contributed by atoms with E-state index >= 15 is 0 Å². The zero-order chi connectivity index (χ0) is 25.0. The van der Waals surface area contributed by atoms with Crippen LogP contribution < -0.4 is 16.0 Å². The van der Waals surface area contributed by atoms with Crippen molar-refractivity contribution in [2.45, 2.75) is 12.8 Å². The lowest BCUT2D eigenvalue weighted by molar-refractivity contribution is -0.139. The summed E-state index contributed by atoms with van der Waals surface area (Å²) in [6.45, 7) is 1.72. The van der Waals surface area contributed by atoms with Gasteiger partial charge in [-0.25, -0.2) is 9.59 Å². The van der Waals surface area contributed by atoms with Crippen LogP contribution >= 0.6 is 0 Å². The summed E-state index contributed by atoms with van der Waals surface area (Å²) in [7, 11) is 3.88. The highest BCUT2D eigenvalue weighted by molar-refractivity contribution is 6.06. The number of hydrogen-bond acceptors (Lipinski definition) is 8. The van der Waals surface area contributed by atoms with Gasteiger partial charge in [0.1, 0.15) is 11.5 Å². The van der Waals surface area contributed by atoms with E-state index in [1.54, 1.807) is 55.5 Å². The van der Waals surface area contributed by atoms with Gasteiger partial charge in [0.25, 0.3) is 5.91 Å². The third-order valence-corrected chi connectivity index (χ3v) is 5.54. The Labute approximate surface area is 197 Å². The molecule has 0 saturated heterocycles. The molecule has 1 amide bonds. The topological polar surface area (TPSA) is 135 Å². The molecule has 1 heterocycles. The molecule has 9 heteroatoms. The Morgan fingerprint density at radius 2 is 1.71 bits per heavy atom. The molecule has 2 aromatic carbocycles. The Bertz CT molecular complexity index is 1260. The predicted molar refractivity (Wildman–Crippen MR) is 124 cm³/mol. The fourth-order valence-electron chi connectivity index (χ4n) is 3.96. The third-order valence-electron chi connectivity index (χ3n) is 5.54. The van der Waals surface area contributed by atoms with E-state index in [1.165, 1.54) is 26.2 Å². The van der Waals surface area contributed by atoms with Crippen LogP contribution in [0, 0.1) is 18.3 Å². The van der Waals surface area contributed by atoms with Gasteiger partial charge in [0.05, 0.1) is 43.0 Å². The lowest BCUT2D eigenvalue weighted by atomic mass is 9.80. The zero-order valence-corrected chi connectivity index (χ0v) is 19.2. The highest BCUT2D eigenvalue weighted by Gasteiger charge is 2.43. The number of amides is 1. The molecule has 0 bridgehead atoms. The van der Waals surface area contributed by atoms with E-state index in [0.717, 1.165) is 0 Å². The van der Waals surface area contributed by atoms with E-state index in [4.69, 9.17) is 15.2 Å². The third kappa shape index (κ3) is 4.09. The van der Waals surface area contributed by atoms with Crippen LogP contribution in [0.15, 0.2) is 71.2 Å². The number of anilines is 1. The number of carbonyl (C=O) groups excluding carboxylic acids is 3. The lowest BCUT2D eigenvalue weighted by Gasteiger charge is -2.36. The van der Waals surface area contributed by atoms with Gasteiger partial charge in [-0.3, -0.25) is 9.69 Å². The van der Waals surface area contributed by atoms with Crippen molar-refractivity contribution in [3.05, 3.63) is 87.9 Å². The maximum absolute atomic E-state index is 13.1. The van der Waals surface area contributed by atoms with Gasteiger partial charge < -0.3 is 20.5 Å². The maximum atomic E-state index is 13.1. The monoisotopic (exact) mass is 460 g/mol. The molecule has 2 aromatic rings. The molecule has 0 radical (unpaired) electrons. The van der Waals surface area contributed by atoms with E-state index in [1.807, 2.05) is 0 Å². The largest absolute Gasteiger partial charge is 0.466 e. The maximum Gasteiger partial charge on any atom is 0.355 e. The van der Waals surface area contributed by atoms with Crippen molar-refractivity contribution in [1.29, 1.82) is 5.26 Å². The highest BCUT2D eigenvalue weighted by Crippen LogP contribution is 2.43. The SMILES string of the molecule is CNC(=O)c1ccc(N2C(N)=C(C#N)C(c3ccccc3)C(C(=O)OC)=C2C(=O)OC)c(C)c1. The summed E-state index contributed by atoms with van der Waals surface area (Å²) >= 11 is 0. The summed E-state index contributed by atoms with van der Waals surface area (Å²) in [6.07, 6.45) is 0. The quantitative estimate of drug-likeness (QED) is 0.649. The number of methoxy groups -OCH3 is 2. The van der Waals surface area contributed by atoms with Gasteiger partial charge in [0, 0.05) is 12.6 Å². The molecule has 1 unspecified atom stereocenters. The number of nitriles is 1. The molecule has 174 valence electrons. The van der Waals surface area contributed by atoms with Crippen molar-refractivity contribution in [2.75, 3.05) is 26.2 Å². The first-order valence-electron chi connectivity index (χ1n) is 10.3. The number of rotatable bonds is 5. The first-order valence-corrected chi connectivity index (χ1v) is 10.3. The van der Waals surface area contributed by atoms with Gasteiger partial charge >= 0.3 is 11.9 Å². The molecule has 1 atom stereocenters. The summed E-state index contributed by atoms with van der Waals surface area (Å²) in [5, 5.41) is 12.6. The number of hydrogen-bond donors (Lipinski definition) is 2. The van der Waals surface area contributed by atoms with Crippen LogP contribution in [0.25, 0.3) is 0 Å². The van der Waals surface area contributed by atoms with Crippen LogP contribution in [0.1, 0.15) is 27.4 Å². The second-order valence-corrected chi connectivity index (χ2v) is 7.42. The molecule has 34 heavy (non-hydrogen) atoms. The van der Waals surface area contributed by atoms with Gasteiger partial charge in [-0.2, -0.15) is 5.26 Å². The number of aryl methyl sites for hydroxylation is 1. The Balaban J connectivity index is 2.39. The van der Waals surface area contributed by atoms with Crippen molar-refractivity contribution in [3.63, 3.8) is 0 Å². The number of ether oxygens (including phenoxy) is 2. The number of allylic oxidation sites excluding steroid dienone is 1. The van der Waals surface area contributed by atoms with Crippen LogP contribution in [0.3, 0.4) is 0 Å². The number of nitrogens with zero attached hydrogens (tertiary/aromatic N) is 2. The van der Waals surface area contributed by atoms with Crippen molar-refractivity contribution in [2.24, 2.45) is 5.73 Å². The van der Waals surface area contributed by atoms with Crippen LogP contribution in [-0.2, 0) is 19.1 Å². The smallest absolute Gasteiger partial charge is 0.355 e. The van der Waals surface area contributed by atoms with Gasteiger partial charge in [0.2, 0.25) is 0 Å². The van der Waals surface area contributed by atoms with Crippen molar-refractivity contribution >= 4 is 23.5 Å². The number of carbonyl (C=O) groups is 3. The Morgan fingerprint density at radius 1 is 1.06 bits per heavy atom. The summed E-state index contributed by atoms with van der Waals surface area (Å²) in [4.78, 5) is 39.5. The Kier molecular flexibility index (Phi) is 7.02. The standard InChI is InChI=1S/C25H24N4O5/c1-14-12-16(23(30)28-2)10-11-18(14)29-21(25(32)34-4)20(24(31)33-3)19(17(13-26)22(29)27)15-8-6-5-7-9-15/h5-12,19H,27H2,1-4H3,(H,28,30). The number of esters is 2. The Hall–Kier alpha value is -4.58. The molecule has 0 fully saturated rings. The lowest BCUT2D eigenvalue weighted by Crippen LogP contribution is -2.41. The molecule has 0 aromatic heterocycles. The van der Waals surface area contributed by atoms with E-state index in [2.05, 4.69) is 11.4 Å². The predicted octanol–water partition coefficient (Wildman–Crippen LogP) is 2.25. The molecule has 0 spiro atoms. The number of benzene rings is 2. The van der Waals surface area contributed by atoms with Gasteiger partial charge in [-0.05, 0) is 36.2 Å². The van der Waals surface area contributed by atoms with Gasteiger partial charge in [-0.1, -0.05) is 30.3 Å². The Morgan fingerprint density at radius 3 is 2.24 bits per heavy atom. The van der Waals surface area contributed by atoms with Crippen LogP contribution in [0.4, 0.5) is 5.69 Å². The number of nitrogens with two attached hydrogens (primary N) is 1. The van der Waals surface area contributed by atoms with Crippen LogP contribution in [0.2, 0.25) is 0 Å². The fraction of sp³-hybridized carbons (Fsp3) is 0.200. The van der Waals surface area contributed by atoms with Crippen molar-refractivity contribution < 1.29 is 23.9 Å². The van der Waals surface area contributed by atoms with Gasteiger partial charge in [-0.15, -0.1) is 0 Å². The summed E-state index contributed by atoms with van der Waals surface area (Å²) < 4.78 is 10.0. The van der Waals surface area contributed by atoms with Crippen molar-refractivity contribution in [3.8, 4) is 6.07 Å². The average molecular weight is 460 g/mol. The first kappa shape index (κ1) is 24.1. The van der Waals surface area contributed by atoms with E-state index in [-0.39, 0.29) is 28.6 Å². The fourth-order valence-corrected chi connectivity index (χ4v) is 3.96. The molecule has 1 aliphatic rings. The van der Waals surface area contributed by atoms with Crippen LogP contribution in [0.5, 0.6) is 0 Å². The minimum absolute atomic E-state index is 0.0415. The second kappa shape index (κ2) is 9.92. The molecule has 3 N–H and O–H groups in total. The van der Waals surface area contributed by atoms with E-state index in [0.29, 0.717) is 22.4 Å². The minimum Gasteiger partial charge on any atom is -0.466 e. The molecule has 3 rings (SSSR count). The van der Waals surface area contributed by atoms with Crippen molar-refractivity contribution in [1.82, 2.24) is 5.32 Å². The first-order chi connectivity index (χ1) is 16.3. The van der Waals surface area contributed by atoms with Gasteiger partial charge in [0.15, 0.2) is 0 Å². The zero-order valence-electron chi connectivity index (χ0n) is 19.2. The summed E-state index contributed by atoms with van der Waals surface area (Å²) in [6, 6.07) is 15.6. The minimum atomic E-state index is -0.950. The second-order valence-electron chi connectivity index (χ2n) is 7.42. The molecule has 0 aliphatic carbocycles. The normalized spacial score (nSPS) is 15.5. The molecule has 1 aliphatic heterocycles. The molecular formula is C25H24N4O5. The summed E-state index contributed by atoms with van der Waals surface area (Å²) in [5.41, 5.74) is 8.23. The molecule has 9 nitrogen and oxygen atoms in total. The number of nitrogens with one attached hydrogen (secondary N) is 1. The molecular weight excluding hydrogens is 436 g/mol.